The van der Waals surface area contributed by atoms with Crippen LogP contribution in [0.5, 0.6) is 0 Å². The van der Waals surface area contributed by atoms with E-state index in [1.54, 1.807) is 0 Å². The van der Waals surface area contributed by atoms with E-state index < -0.39 is 29.0 Å². The fourth-order valence-electron chi connectivity index (χ4n) is 2.78. The third-order valence-electron chi connectivity index (χ3n) is 4.24. The predicted molar refractivity (Wildman–Crippen MR) is 99.6 cm³/mol. The van der Waals surface area contributed by atoms with Gasteiger partial charge < -0.3 is 0 Å². The highest BCUT2D eigenvalue weighted by molar-refractivity contribution is 5.83. The Morgan fingerprint density at radius 2 is 1.55 bits per heavy atom. The fraction of sp³-hybridized carbons (Fsp3) is 0.167. The number of benzene rings is 1. The highest BCUT2D eigenvalue weighted by Crippen LogP contribution is 2.38. The van der Waals surface area contributed by atoms with E-state index in [0.717, 1.165) is 11.0 Å². The van der Waals surface area contributed by atoms with Gasteiger partial charge >= 0.3 is 12.4 Å². The molecule has 3 aromatic heterocycles. The second kappa shape index (κ2) is 8.07. The third kappa shape index (κ3) is 4.86. The first-order chi connectivity index (χ1) is 15.5. The van der Waals surface area contributed by atoms with Crippen LogP contribution in [0.25, 0.3) is 23.2 Å². The first-order valence-electron chi connectivity index (χ1n) is 8.93. The highest BCUT2D eigenvalue weighted by Gasteiger charge is 2.37. The summed E-state index contributed by atoms with van der Waals surface area (Å²) >= 11 is 0. The minimum Gasteiger partial charge on any atom is -0.244 e. The van der Waals surface area contributed by atoms with Crippen LogP contribution in [0.2, 0.25) is 0 Å². The van der Waals surface area contributed by atoms with Crippen LogP contribution in [0.3, 0.4) is 0 Å². The van der Waals surface area contributed by atoms with Gasteiger partial charge in [-0.1, -0.05) is 0 Å². The van der Waals surface area contributed by atoms with Crippen LogP contribution in [-0.2, 0) is 19.4 Å². The molecule has 170 valence electrons. The summed E-state index contributed by atoms with van der Waals surface area (Å²) in [6, 6.07) is 1.14. The quantitative estimate of drug-likeness (QED) is 0.425. The molecule has 0 unspecified atom stereocenters. The minimum atomic E-state index is -4.99. The lowest BCUT2D eigenvalue weighted by Crippen LogP contribution is -2.11. The van der Waals surface area contributed by atoms with Gasteiger partial charge in [-0.15, -0.1) is 15.3 Å². The topological polar surface area (TPSA) is 100 Å². The molecule has 0 radical (unpaired) electrons. The summed E-state index contributed by atoms with van der Waals surface area (Å²) in [7, 11) is 1.54. The third-order valence-corrected chi connectivity index (χ3v) is 4.24. The normalized spacial score (nSPS) is 12.9. The van der Waals surface area contributed by atoms with E-state index in [-0.39, 0.29) is 17.7 Å². The Balaban J connectivity index is 1.79. The summed E-state index contributed by atoms with van der Waals surface area (Å²) in [6.45, 7) is 0. The predicted octanol–water partition coefficient (Wildman–Crippen LogP) is 3.34. The zero-order valence-corrected chi connectivity index (χ0v) is 16.4. The Morgan fingerprint density at radius 3 is 2.09 bits per heavy atom. The summed E-state index contributed by atoms with van der Waals surface area (Å²) in [4.78, 5) is 12.9. The van der Waals surface area contributed by atoms with E-state index in [9.17, 15) is 26.3 Å². The van der Waals surface area contributed by atoms with Gasteiger partial charge in [-0.2, -0.15) is 31.1 Å². The molecule has 0 bridgehead atoms. The zero-order chi connectivity index (χ0) is 23.8. The Labute approximate surface area is 180 Å². The molecule has 4 aromatic rings. The van der Waals surface area contributed by atoms with Crippen molar-refractivity contribution >= 4 is 11.8 Å². The van der Waals surface area contributed by atoms with Gasteiger partial charge in [0, 0.05) is 29.7 Å². The van der Waals surface area contributed by atoms with Gasteiger partial charge in [0.05, 0.1) is 23.7 Å². The number of aryl methyl sites for hydroxylation is 1. The van der Waals surface area contributed by atoms with Crippen LogP contribution in [0.15, 0.2) is 43.2 Å². The van der Waals surface area contributed by atoms with Crippen LogP contribution in [-0.4, -0.2) is 44.9 Å². The molecule has 4 rings (SSSR count). The van der Waals surface area contributed by atoms with Crippen molar-refractivity contribution in [3.63, 3.8) is 0 Å². The maximum Gasteiger partial charge on any atom is 0.416 e. The molecular weight excluding hydrogens is 456 g/mol. The lowest BCUT2D eigenvalue weighted by Gasteiger charge is -2.13. The van der Waals surface area contributed by atoms with Crippen LogP contribution >= 0.6 is 0 Å². The molecule has 0 fully saturated rings. The molecule has 0 aliphatic carbocycles. The molecule has 15 heteroatoms. The lowest BCUT2D eigenvalue weighted by atomic mass is 10.0. The van der Waals surface area contributed by atoms with E-state index in [4.69, 9.17) is 0 Å². The maximum absolute atomic E-state index is 13.1. The van der Waals surface area contributed by atoms with Crippen molar-refractivity contribution in [3.8, 4) is 11.4 Å². The van der Waals surface area contributed by atoms with Crippen molar-refractivity contribution < 1.29 is 26.3 Å². The van der Waals surface area contributed by atoms with Crippen LogP contribution in [0, 0.1) is 0 Å². The Morgan fingerprint density at radius 1 is 0.909 bits per heavy atom. The molecule has 0 N–H and O–H groups in total. The molecule has 0 aliphatic rings. The smallest absolute Gasteiger partial charge is 0.244 e. The first kappa shape index (κ1) is 22.0. The SMILES string of the molecule is Cn1nnc(C(=Cn2cnc(-c3cc(C(F)(F)F)cc(C(F)(F)F)c3)n2)c2cncnc2)n1. The molecule has 33 heavy (non-hydrogen) atoms. The number of halogens is 6. The first-order valence-corrected chi connectivity index (χ1v) is 8.93. The lowest BCUT2D eigenvalue weighted by molar-refractivity contribution is -0.143. The molecule has 0 atom stereocenters. The minimum absolute atomic E-state index is 0.0354. The Kier molecular flexibility index (Phi) is 5.39. The summed E-state index contributed by atoms with van der Waals surface area (Å²) in [5, 5.41) is 15.7. The van der Waals surface area contributed by atoms with E-state index in [1.807, 2.05) is 0 Å². The van der Waals surface area contributed by atoms with Gasteiger partial charge in [-0.25, -0.2) is 19.6 Å². The number of hydrogen-bond donors (Lipinski definition) is 0. The maximum atomic E-state index is 13.1. The summed E-state index contributed by atoms with van der Waals surface area (Å²) in [6.07, 6.45) is -3.30. The van der Waals surface area contributed by atoms with Gasteiger partial charge in [-0.3, -0.25) is 0 Å². The Hall–Kier alpha value is -4.17. The summed E-state index contributed by atoms with van der Waals surface area (Å²) < 4.78 is 80.0. The van der Waals surface area contributed by atoms with E-state index >= 15 is 0 Å². The van der Waals surface area contributed by atoms with E-state index in [0.29, 0.717) is 23.3 Å². The monoisotopic (exact) mass is 467 g/mol. The van der Waals surface area contributed by atoms with Gasteiger partial charge in [-0.05, 0) is 23.4 Å². The average molecular weight is 467 g/mol. The second-order valence-corrected chi connectivity index (χ2v) is 6.62. The number of hydrogen-bond acceptors (Lipinski definition) is 7. The molecule has 1 aromatic carbocycles. The van der Waals surface area contributed by atoms with Crippen molar-refractivity contribution in [2.75, 3.05) is 0 Å². The summed E-state index contributed by atoms with van der Waals surface area (Å²) in [5.41, 5.74) is -2.59. The number of aromatic nitrogens is 9. The highest BCUT2D eigenvalue weighted by atomic mass is 19.4. The number of alkyl halides is 6. The van der Waals surface area contributed by atoms with Gasteiger partial charge in [0.2, 0.25) is 5.82 Å². The van der Waals surface area contributed by atoms with Gasteiger partial charge in [0.25, 0.3) is 0 Å². The molecule has 0 saturated carbocycles. The zero-order valence-electron chi connectivity index (χ0n) is 16.4. The average Bonchev–Trinajstić information content (AvgIpc) is 3.40. The van der Waals surface area contributed by atoms with Crippen molar-refractivity contribution in [3.05, 3.63) is 65.8 Å². The number of rotatable bonds is 4. The molecular formula is C18H11F6N9. The van der Waals surface area contributed by atoms with Crippen molar-refractivity contribution in [1.29, 1.82) is 0 Å². The van der Waals surface area contributed by atoms with Crippen LogP contribution < -0.4 is 0 Å². The Bertz CT molecular complexity index is 1270. The fourth-order valence-corrected chi connectivity index (χ4v) is 2.78. The molecule has 0 amide bonds. The van der Waals surface area contributed by atoms with Crippen molar-refractivity contribution in [1.82, 2.24) is 44.9 Å². The summed E-state index contributed by atoms with van der Waals surface area (Å²) in [5.74, 6) is -0.193. The van der Waals surface area contributed by atoms with Crippen LogP contribution in [0.1, 0.15) is 22.5 Å². The van der Waals surface area contributed by atoms with E-state index in [1.165, 1.54) is 36.8 Å². The van der Waals surface area contributed by atoms with Crippen LogP contribution in [0.4, 0.5) is 26.3 Å². The molecule has 0 spiro atoms. The number of nitrogens with zero attached hydrogens (tertiary/aromatic N) is 9. The van der Waals surface area contributed by atoms with E-state index in [2.05, 4.69) is 35.5 Å². The van der Waals surface area contributed by atoms with Gasteiger partial charge in [0.15, 0.2) is 5.82 Å². The van der Waals surface area contributed by atoms with Gasteiger partial charge in [0.1, 0.15) is 12.7 Å². The number of tetrazole rings is 1. The standard InChI is InChI=1S/C18H11F6N9/c1-32-29-16(28-31-32)14(11-5-25-8-26-6-11)7-33-9-27-15(30-33)10-2-12(17(19,20)21)4-13(3-10)18(22,23)24/h2-9H,1H3. The molecule has 9 nitrogen and oxygen atoms in total. The second-order valence-electron chi connectivity index (χ2n) is 6.62. The van der Waals surface area contributed by atoms with Crippen molar-refractivity contribution in [2.45, 2.75) is 12.4 Å². The molecule has 0 saturated heterocycles. The molecule has 0 aliphatic heterocycles. The molecule has 3 heterocycles. The van der Waals surface area contributed by atoms with Crippen molar-refractivity contribution in [2.24, 2.45) is 7.05 Å². The largest absolute Gasteiger partial charge is 0.416 e.